The topological polar surface area (TPSA) is 78.7 Å². The number of para-hydroxylation sites is 2. The van der Waals surface area contributed by atoms with Gasteiger partial charge in [0.1, 0.15) is 5.76 Å². The fraction of sp³-hybridized carbons (Fsp3) is 0.240. The minimum Gasteiger partial charge on any atom is -0.455 e. The van der Waals surface area contributed by atoms with Crippen LogP contribution in [-0.2, 0) is 12.8 Å². The van der Waals surface area contributed by atoms with Crippen molar-refractivity contribution in [3.8, 4) is 0 Å². The highest BCUT2D eigenvalue weighted by Gasteiger charge is 2.28. The Labute approximate surface area is 193 Å². The second-order valence-corrected chi connectivity index (χ2v) is 8.07. The van der Waals surface area contributed by atoms with Crippen molar-refractivity contribution < 1.29 is 9.21 Å². The van der Waals surface area contributed by atoms with E-state index >= 15 is 0 Å². The molecule has 2 aromatic carbocycles. The summed E-state index contributed by atoms with van der Waals surface area (Å²) < 4.78 is 6.01. The molecule has 0 fully saturated rings. The molecule has 1 amide bonds. The Bertz CT molecular complexity index is 1170. The molecule has 6 nitrogen and oxygen atoms in total. The molecule has 164 valence electrons. The van der Waals surface area contributed by atoms with E-state index in [1.165, 1.54) is 0 Å². The maximum absolute atomic E-state index is 13.0. The number of aryl methyl sites for hydroxylation is 2. The van der Waals surface area contributed by atoms with Gasteiger partial charge in [0.25, 0.3) is 5.91 Å². The third-order valence-corrected chi connectivity index (χ3v) is 5.70. The van der Waals surface area contributed by atoms with E-state index < -0.39 is 0 Å². The smallest absolute Gasteiger partial charge is 0.291 e. The number of carbonyl (C=O) groups is 1. The average molecular weight is 447 g/mol. The molecule has 1 heterocycles. The Morgan fingerprint density at radius 3 is 2.59 bits per heavy atom. The van der Waals surface area contributed by atoms with E-state index in [0.29, 0.717) is 10.9 Å². The lowest BCUT2D eigenvalue weighted by atomic mass is 9.93. The molecule has 0 saturated heterocycles. The zero-order valence-electron chi connectivity index (χ0n) is 18.2. The van der Waals surface area contributed by atoms with Gasteiger partial charge in [-0.25, -0.2) is 0 Å². The summed E-state index contributed by atoms with van der Waals surface area (Å²) in [6.45, 7) is 3.97. The van der Waals surface area contributed by atoms with E-state index in [1.807, 2.05) is 61.5 Å². The third kappa shape index (κ3) is 4.73. The van der Waals surface area contributed by atoms with E-state index in [9.17, 15) is 4.79 Å². The fourth-order valence-corrected chi connectivity index (χ4v) is 4.09. The van der Waals surface area contributed by atoms with Crippen molar-refractivity contribution in [1.29, 1.82) is 0 Å². The van der Waals surface area contributed by atoms with Crippen LogP contribution in [0.4, 0.5) is 11.4 Å². The molecule has 0 spiro atoms. The number of hydrogen-bond donors (Lipinski definition) is 3. The van der Waals surface area contributed by atoms with Gasteiger partial charge in [0.2, 0.25) is 0 Å². The largest absolute Gasteiger partial charge is 0.455 e. The minimum atomic E-state index is -0.244. The predicted molar refractivity (Wildman–Crippen MR) is 132 cm³/mol. The number of nitrogens with zero attached hydrogens (tertiary/aromatic N) is 1. The molecule has 0 unspecified atom stereocenters. The van der Waals surface area contributed by atoms with Crippen LogP contribution < -0.4 is 16.1 Å². The zero-order valence-corrected chi connectivity index (χ0v) is 19.0. The summed E-state index contributed by atoms with van der Waals surface area (Å²) in [5, 5.41) is 11.1. The predicted octanol–water partition coefficient (Wildman–Crippen LogP) is 5.43. The first-order valence-electron chi connectivity index (χ1n) is 10.8. The summed E-state index contributed by atoms with van der Waals surface area (Å²) in [5.41, 5.74) is 8.26. The number of hydrogen-bond acceptors (Lipinski definition) is 4. The molecule has 32 heavy (non-hydrogen) atoms. The normalized spacial score (nSPS) is 14.0. The quantitative estimate of drug-likeness (QED) is 0.360. The van der Waals surface area contributed by atoms with Crippen LogP contribution in [0.15, 0.2) is 64.1 Å². The van der Waals surface area contributed by atoms with Crippen LogP contribution in [0.25, 0.3) is 0 Å². The monoisotopic (exact) mass is 446 g/mol. The van der Waals surface area contributed by atoms with Crippen molar-refractivity contribution in [2.24, 2.45) is 5.10 Å². The van der Waals surface area contributed by atoms with Crippen molar-refractivity contribution in [2.75, 3.05) is 10.6 Å². The molecule has 0 atom stereocenters. The second-order valence-electron chi connectivity index (χ2n) is 7.66. The lowest BCUT2D eigenvalue weighted by Crippen LogP contribution is -2.26. The van der Waals surface area contributed by atoms with Gasteiger partial charge in [-0.15, -0.1) is 0 Å². The Hall–Kier alpha value is -3.45. The molecule has 1 aromatic heterocycles. The van der Waals surface area contributed by atoms with Gasteiger partial charge in [0.15, 0.2) is 10.9 Å². The van der Waals surface area contributed by atoms with Gasteiger partial charge >= 0.3 is 0 Å². The number of furan rings is 1. The highest BCUT2D eigenvalue weighted by Crippen LogP contribution is 2.30. The summed E-state index contributed by atoms with van der Waals surface area (Å²) >= 11 is 5.36. The maximum atomic E-state index is 13.0. The number of rotatable bonds is 5. The molecule has 1 aliphatic carbocycles. The number of nitrogens with one attached hydrogen (secondary N) is 3. The summed E-state index contributed by atoms with van der Waals surface area (Å²) in [6, 6.07) is 17.5. The number of amides is 1. The van der Waals surface area contributed by atoms with Gasteiger partial charge in [-0.2, -0.15) is 5.10 Å². The molecule has 0 radical (unpaired) electrons. The molecular formula is C25H26N4O2S. The van der Waals surface area contributed by atoms with E-state index in [-0.39, 0.29) is 5.91 Å². The Morgan fingerprint density at radius 2 is 1.81 bits per heavy atom. The first-order valence-corrected chi connectivity index (χ1v) is 11.2. The van der Waals surface area contributed by atoms with Gasteiger partial charge in [-0.05, 0) is 62.2 Å². The first kappa shape index (κ1) is 21.8. The summed E-state index contributed by atoms with van der Waals surface area (Å²) in [7, 11) is 0. The minimum absolute atomic E-state index is 0.244. The van der Waals surface area contributed by atoms with E-state index in [1.54, 1.807) is 0 Å². The Morgan fingerprint density at radius 1 is 1.06 bits per heavy atom. The third-order valence-electron chi connectivity index (χ3n) is 5.50. The van der Waals surface area contributed by atoms with Crippen LogP contribution in [0.3, 0.4) is 0 Å². The number of benzene rings is 2. The average Bonchev–Trinajstić information content (AvgIpc) is 3.16. The van der Waals surface area contributed by atoms with E-state index in [0.717, 1.165) is 65.2 Å². The van der Waals surface area contributed by atoms with Gasteiger partial charge in [0.05, 0.1) is 5.71 Å². The molecule has 0 aliphatic heterocycles. The highest BCUT2D eigenvalue weighted by molar-refractivity contribution is 7.80. The molecule has 3 N–H and O–H groups in total. The fourth-order valence-electron chi connectivity index (χ4n) is 3.93. The molecule has 3 aromatic rings. The van der Waals surface area contributed by atoms with Crippen LogP contribution in [0, 0.1) is 6.92 Å². The number of thiocarbonyl (C=S) groups is 1. The first-order chi connectivity index (χ1) is 15.6. The lowest BCUT2D eigenvalue weighted by Gasteiger charge is -2.14. The maximum Gasteiger partial charge on any atom is 0.291 e. The van der Waals surface area contributed by atoms with E-state index in [4.69, 9.17) is 16.6 Å². The number of hydrazone groups is 1. The molecule has 0 saturated carbocycles. The lowest BCUT2D eigenvalue weighted by molar-refractivity contribution is 0.0994. The number of carbonyl (C=O) groups excluding carboxylic acids is 1. The van der Waals surface area contributed by atoms with Crippen molar-refractivity contribution >= 4 is 40.3 Å². The summed E-state index contributed by atoms with van der Waals surface area (Å²) in [5.74, 6) is 0.886. The molecule has 0 bridgehead atoms. The molecule has 7 heteroatoms. The second kappa shape index (κ2) is 9.78. The van der Waals surface area contributed by atoms with Crippen molar-refractivity contribution in [3.05, 3.63) is 82.8 Å². The van der Waals surface area contributed by atoms with Crippen LogP contribution >= 0.6 is 12.2 Å². The highest BCUT2D eigenvalue weighted by atomic mass is 32.1. The van der Waals surface area contributed by atoms with Crippen molar-refractivity contribution in [1.82, 2.24) is 5.43 Å². The molecule has 4 rings (SSSR count). The van der Waals surface area contributed by atoms with Gasteiger partial charge in [-0.3, -0.25) is 10.2 Å². The van der Waals surface area contributed by atoms with Crippen molar-refractivity contribution in [3.63, 3.8) is 0 Å². The summed E-state index contributed by atoms with van der Waals surface area (Å²) in [4.78, 5) is 13.0. The van der Waals surface area contributed by atoms with Gasteiger partial charge < -0.3 is 15.1 Å². The standard InChI is InChI=1S/C25H26N4O2S/c1-3-17-10-7-8-13-19(17)27-24(30)23-16(2)22-20(14-9-15-21(22)31-23)28-29-25(32)26-18-11-5-4-6-12-18/h4-8,10-13H,3,9,14-15H2,1-2H3,(H,27,30)(H2,26,29,32)/b28-20+. The van der Waals surface area contributed by atoms with Crippen LogP contribution in [0.2, 0.25) is 0 Å². The Balaban J connectivity index is 1.53. The van der Waals surface area contributed by atoms with Crippen LogP contribution in [-0.4, -0.2) is 16.7 Å². The van der Waals surface area contributed by atoms with E-state index in [2.05, 4.69) is 28.1 Å². The Kier molecular flexibility index (Phi) is 6.66. The van der Waals surface area contributed by atoms with Gasteiger partial charge in [0, 0.05) is 28.9 Å². The zero-order chi connectivity index (χ0) is 22.5. The van der Waals surface area contributed by atoms with Crippen LogP contribution in [0.1, 0.15) is 52.8 Å². The summed E-state index contributed by atoms with van der Waals surface area (Å²) in [6.07, 6.45) is 3.30. The van der Waals surface area contributed by atoms with Gasteiger partial charge in [-0.1, -0.05) is 43.3 Å². The molecular weight excluding hydrogens is 420 g/mol. The molecule has 1 aliphatic rings. The van der Waals surface area contributed by atoms with Crippen molar-refractivity contribution in [2.45, 2.75) is 39.5 Å². The SMILES string of the molecule is CCc1ccccc1NC(=O)c1oc2c(c1C)/C(=N/NC(=S)Nc1ccccc1)CCC2. The number of fused-ring (bicyclic) bond motifs is 1. The number of anilines is 2. The van der Waals surface area contributed by atoms with Crippen LogP contribution in [0.5, 0.6) is 0 Å².